The number of rotatable bonds is 9. The van der Waals surface area contributed by atoms with Gasteiger partial charge in [-0.2, -0.15) is 4.68 Å². The lowest BCUT2D eigenvalue weighted by molar-refractivity contribution is -0.384. The largest absolute Gasteiger partial charge is 0.462 e. The summed E-state index contributed by atoms with van der Waals surface area (Å²) < 4.78 is 6.99. The van der Waals surface area contributed by atoms with Crippen molar-refractivity contribution in [2.24, 2.45) is 0 Å². The smallest absolute Gasteiger partial charge is 0.338 e. The van der Waals surface area contributed by atoms with Crippen LogP contribution in [0.2, 0.25) is 0 Å². The highest BCUT2D eigenvalue weighted by molar-refractivity contribution is 5.92. The summed E-state index contributed by atoms with van der Waals surface area (Å²) in [5.74, 6) is -0.0584. The Kier molecular flexibility index (Phi) is 6.53. The van der Waals surface area contributed by atoms with Gasteiger partial charge in [0.15, 0.2) is 0 Å². The highest BCUT2D eigenvalue weighted by Gasteiger charge is 2.35. The van der Waals surface area contributed by atoms with Gasteiger partial charge in [0.25, 0.3) is 5.69 Å². The van der Waals surface area contributed by atoms with Gasteiger partial charge in [-0.1, -0.05) is 37.7 Å². The Bertz CT molecular complexity index is 906. The molecule has 0 saturated carbocycles. The molecule has 0 radical (unpaired) electrons. The summed E-state index contributed by atoms with van der Waals surface area (Å²) in [7, 11) is 0. The fourth-order valence-electron chi connectivity index (χ4n) is 3.31. The van der Waals surface area contributed by atoms with E-state index in [1.807, 2.05) is 0 Å². The van der Waals surface area contributed by atoms with Crippen molar-refractivity contribution in [1.29, 1.82) is 0 Å². The minimum Gasteiger partial charge on any atom is -0.462 e. The third-order valence-corrected chi connectivity index (χ3v) is 4.83. The molecule has 1 aromatic carbocycles. The molecule has 1 aliphatic heterocycles. The van der Waals surface area contributed by atoms with E-state index in [0.717, 1.165) is 25.7 Å². The molecular weight excluding hydrogens is 376 g/mol. The van der Waals surface area contributed by atoms with Gasteiger partial charge in [0.05, 0.1) is 17.1 Å². The maximum atomic E-state index is 12.9. The van der Waals surface area contributed by atoms with E-state index in [-0.39, 0.29) is 5.69 Å². The van der Waals surface area contributed by atoms with Crippen molar-refractivity contribution >= 4 is 17.6 Å². The van der Waals surface area contributed by atoms with E-state index < -0.39 is 16.9 Å². The molecule has 0 unspecified atom stereocenters. The second kappa shape index (κ2) is 9.26. The molecule has 0 saturated heterocycles. The monoisotopic (exact) mass is 400 g/mol. The number of non-ortho nitro benzene ring substituents is 1. The molecule has 154 valence electrons. The molecule has 0 bridgehead atoms. The topological polar surface area (TPSA) is 125 Å². The van der Waals surface area contributed by atoms with Crippen LogP contribution >= 0.6 is 0 Å². The van der Waals surface area contributed by atoms with Gasteiger partial charge in [-0.15, -0.1) is 0 Å². The van der Waals surface area contributed by atoms with Gasteiger partial charge in [0.2, 0.25) is 5.95 Å². The molecule has 10 nitrogen and oxygen atoms in total. The number of aromatic nitrogens is 4. The number of hydrogen-bond acceptors (Lipinski definition) is 8. The van der Waals surface area contributed by atoms with Crippen molar-refractivity contribution in [1.82, 2.24) is 20.2 Å². The Labute approximate surface area is 168 Å². The third kappa shape index (κ3) is 4.58. The van der Waals surface area contributed by atoms with E-state index in [0.29, 0.717) is 29.4 Å². The van der Waals surface area contributed by atoms with E-state index >= 15 is 0 Å². The summed E-state index contributed by atoms with van der Waals surface area (Å²) in [6.45, 7) is 4.25. The number of ether oxygens (including phenoxy) is 1. The van der Waals surface area contributed by atoms with Crippen LogP contribution in [-0.4, -0.2) is 37.7 Å². The summed E-state index contributed by atoms with van der Waals surface area (Å²) in [6.07, 6.45) is 5.27. The molecule has 2 heterocycles. The van der Waals surface area contributed by atoms with Crippen LogP contribution in [0.3, 0.4) is 0 Å². The van der Waals surface area contributed by atoms with Gasteiger partial charge >= 0.3 is 5.97 Å². The number of hydrogen-bond donors (Lipinski definition) is 1. The van der Waals surface area contributed by atoms with E-state index in [1.165, 1.54) is 23.2 Å². The Balaban J connectivity index is 1.81. The summed E-state index contributed by atoms with van der Waals surface area (Å²) >= 11 is 0. The van der Waals surface area contributed by atoms with Crippen LogP contribution in [0.5, 0.6) is 0 Å². The molecule has 1 aliphatic rings. The molecule has 0 spiro atoms. The molecule has 0 fully saturated rings. The van der Waals surface area contributed by atoms with Crippen LogP contribution in [0, 0.1) is 10.1 Å². The summed E-state index contributed by atoms with van der Waals surface area (Å²) in [6, 6.07) is 5.37. The zero-order chi connectivity index (χ0) is 20.8. The molecule has 3 rings (SSSR count). The van der Waals surface area contributed by atoms with Crippen molar-refractivity contribution in [2.75, 3.05) is 11.9 Å². The third-order valence-electron chi connectivity index (χ3n) is 4.83. The van der Waals surface area contributed by atoms with Crippen molar-refractivity contribution in [2.45, 2.75) is 52.0 Å². The fourth-order valence-corrected chi connectivity index (χ4v) is 3.31. The summed E-state index contributed by atoms with van der Waals surface area (Å²) in [5, 5.41) is 25.6. The van der Waals surface area contributed by atoms with Gasteiger partial charge in [0, 0.05) is 17.8 Å². The van der Waals surface area contributed by atoms with E-state index in [1.54, 1.807) is 19.1 Å². The number of esters is 1. The number of nitro groups is 1. The lowest BCUT2D eigenvalue weighted by Gasteiger charge is -2.27. The fraction of sp³-hybridized carbons (Fsp3) is 0.474. The van der Waals surface area contributed by atoms with Gasteiger partial charge in [0.1, 0.15) is 6.04 Å². The number of nitro benzene ring substituents is 1. The number of anilines is 1. The van der Waals surface area contributed by atoms with Crippen molar-refractivity contribution in [3.63, 3.8) is 0 Å². The second-order valence-corrected chi connectivity index (χ2v) is 6.91. The van der Waals surface area contributed by atoms with Gasteiger partial charge in [-0.25, -0.2) is 4.79 Å². The standard InChI is InChI=1S/C19H24N6O4/c1-3-4-5-6-7-12-29-18(26)16-13(2)20-19-21-22-23-24(19)17(16)14-8-10-15(11-9-14)25(27)28/h8-11,17H,3-7,12H2,1-2H3,(H,20,21,23)/t17-/m0/s1. The lowest BCUT2D eigenvalue weighted by Crippen LogP contribution is -2.29. The molecular formula is C19H24N6O4. The van der Waals surface area contributed by atoms with Crippen LogP contribution in [-0.2, 0) is 9.53 Å². The molecule has 1 atom stereocenters. The predicted octanol–water partition coefficient (Wildman–Crippen LogP) is 3.38. The molecule has 0 amide bonds. The first-order valence-electron chi connectivity index (χ1n) is 9.70. The van der Waals surface area contributed by atoms with Gasteiger partial charge in [-0.3, -0.25) is 10.1 Å². The molecule has 1 aromatic heterocycles. The summed E-state index contributed by atoms with van der Waals surface area (Å²) in [5.41, 5.74) is 1.59. The van der Waals surface area contributed by atoms with Crippen molar-refractivity contribution in [3.8, 4) is 0 Å². The van der Waals surface area contributed by atoms with Crippen LogP contribution < -0.4 is 5.32 Å². The maximum absolute atomic E-state index is 12.9. The predicted molar refractivity (Wildman–Crippen MR) is 105 cm³/mol. The Morgan fingerprint density at radius 3 is 2.66 bits per heavy atom. The number of allylic oxidation sites excluding steroid dienone is 1. The Hall–Kier alpha value is -3.30. The molecule has 10 heteroatoms. The minimum absolute atomic E-state index is 0.0310. The highest BCUT2D eigenvalue weighted by atomic mass is 16.6. The van der Waals surface area contributed by atoms with Crippen LogP contribution in [0.4, 0.5) is 11.6 Å². The van der Waals surface area contributed by atoms with Crippen molar-refractivity contribution in [3.05, 3.63) is 51.2 Å². The quantitative estimate of drug-likeness (QED) is 0.294. The van der Waals surface area contributed by atoms with Gasteiger partial charge in [-0.05, 0) is 41.5 Å². The lowest BCUT2D eigenvalue weighted by atomic mass is 9.95. The molecule has 29 heavy (non-hydrogen) atoms. The van der Waals surface area contributed by atoms with E-state index in [2.05, 4.69) is 27.8 Å². The van der Waals surface area contributed by atoms with Gasteiger partial charge < -0.3 is 10.1 Å². The number of carbonyl (C=O) groups excluding carboxylic acids is 1. The summed E-state index contributed by atoms with van der Waals surface area (Å²) in [4.78, 5) is 23.4. The van der Waals surface area contributed by atoms with Crippen LogP contribution in [0.1, 0.15) is 57.6 Å². The normalized spacial score (nSPS) is 15.6. The number of carbonyl (C=O) groups is 1. The average molecular weight is 400 g/mol. The first-order chi connectivity index (χ1) is 14.0. The van der Waals surface area contributed by atoms with Crippen LogP contribution in [0.15, 0.2) is 35.5 Å². The molecule has 1 N–H and O–H groups in total. The number of tetrazole rings is 1. The highest BCUT2D eigenvalue weighted by Crippen LogP contribution is 2.35. The number of fused-ring (bicyclic) bond motifs is 1. The number of benzene rings is 1. The zero-order valence-corrected chi connectivity index (χ0v) is 16.5. The first-order valence-corrected chi connectivity index (χ1v) is 9.70. The zero-order valence-electron chi connectivity index (χ0n) is 16.5. The second-order valence-electron chi connectivity index (χ2n) is 6.91. The molecule has 2 aromatic rings. The average Bonchev–Trinajstić information content (AvgIpc) is 3.17. The SMILES string of the molecule is CCCCCCCOC(=O)C1=C(C)Nc2nnnn2[C@H]1c1ccc([N+](=O)[O-])cc1. The molecule has 0 aliphatic carbocycles. The Morgan fingerprint density at radius 2 is 1.97 bits per heavy atom. The number of nitrogens with zero attached hydrogens (tertiary/aromatic N) is 5. The number of nitrogens with one attached hydrogen (secondary N) is 1. The van der Waals surface area contributed by atoms with E-state index in [4.69, 9.17) is 4.74 Å². The van der Waals surface area contributed by atoms with Crippen LogP contribution in [0.25, 0.3) is 0 Å². The first kappa shape index (κ1) is 20.4. The Morgan fingerprint density at radius 1 is 1.24 bits per heavy atom. The van der Waals surface area contributed by atoms with Crippen molar-refractivity contribution < 1.29 is 14.5 Å². The number of unbranched alkanes of at least 4 members (excludes halogenated alkanes) is 4. The van der Waals surface area contributed by atoms with E-state index in [9.17, 15) is 14.9 Å². The maximum Gasteiger partial charge on any atom is 0.338 e. The minimum atomic E-state index is -0.630.